The molecule has 1 aromatic carbocycles. The second-order valence-electron chi connectivity index (χ2n) is 4.70. The maximum atomic E-state index is 11.5. The molecule has 7 nitrogen and oxygen atoms in total. The summed E-state index contributed by atoms with van der Waals surface area (Å²) < 4.78 is 6.68. The van der Waals surface area contributed by atoms with Crippen molar-refractivity contribution in [2.45, 2.75) is 19.4 Å². The van der Waals surface area contributed by atoms with E-state index < -0.39 is 0 Å². The molecule has 0 bridgehead atoms. The molecule has 1 aliphatic rings. The van der Waals surface area contributed by atoms with E-state index in [4.69, 9.17) is 4.74 Å². The Hall–Kier alpha value is -2.70. The molecule has 0 atom stereocenters. The summed E-state index contributed by atoms with van der Waals surface area (Å²) in [5.74, 6) is -0.340. The first-order valence-electron chi connectivity index (χ1n) is 6.72. The number of cyclic esters (lactones) is 1. The van der Waals surface area contributed by atoms with E-state index in [2.05, 4.69) is 20.6 Å². The maximum absolute atomic E-state index is 11.5. The van der Waals surface area contributed by atoms with Crippen LogP contribution in [-0.2, 0) is 16.1 Å². The van der Waals surface area contributed by atoms with Gasteiger partial charge in [0.15, 0.2) is 0 Å². The van der Waals surface area contributed by atoms with E-state index in [1.54, 1.807) is 11.0 Å². The topological polar surface area (TPSA) is 81.4 Å². The molecule has 1 aromatic heterocycles. The zero-order chi connectivity index (χ0) is 14.5. The molecule has 7 heteroatoms. The molecule has 2 aromatic rings. The van der Waals surface area contributed by atoms with Crippen LogP contribution >= 0.6 is 0 Å². The zero-order valence-corrected chi connectivity index (χ0v) is 11.4. The van der Waals surface area contributed by atoms with Crippen molar-refractivity contribution in [3.05, 3.63) is 42.5 Å². The van der Waals surface area contributed by atoms with Gasteiger partial charge in [-0.25, -0.2) is 14.5 Å². The number of anilines is 1. The molecule has 1 aliphatic heterocycles. The molecule has 0 aliphatic carbocycles. The van der Waals surface area contributed by atoms with Gasteiger partial charge in [-0.05, 0) is 24.1 Å². The van der Waals surface area contributed by atoms with Crippen LogP contribution in [0.5, 0.6) is 0 Å². The van der Waals surface area contributed by atoms with Crippen molar-refractivity contribution in [2.24, 2.45) is 5.10 Å². The number of ether oxygens (including phenoxy) is 1. The highest BCUT2D eigenvalue weighted by molar-refractivity contribution is 6.36. The number of aromatic nitrogens is 3. The van der Waals surface area contributed by atoms with Gasteiger partial charge in [0.2, 0.25) is 0 Å². The second-order valence-corrected chi connectivity index (χ2v) is 4.70. The van der Waals surface area contributed by atoms with Crippen LogP contribution in [0.15, 0.2) is 42.0 Å². The number of rotatable bonds is 4. The van der Waals surface area contributed by atoms with Gasteiger partial charge in [0.05, 0.1) is 18.8 Å². The summed E-state index contributed by atoms with van der Waals surface area (Å²) in [5.41, 5.74) is 5.22. The minimum absolute atomic E-state index is 0.340. The quantitative estimate of drug-likeness (QED) is 0.679. The summed E-state index contributed by atoms with van der Waals surface area (Å²) in [6.07, 6.45) is 4.63. The van der Waals surface area contributed by atoms with E-state index in [9.17, 15) is 4.79 Å². The third-order valence-electron chi connectivity index (χ3n) is 3.08. The van der Waals surface area contributed by atoms with E-state index in [0.717, 1.165) is 17.7 Å². The van der Waals surface area contributed by atoms with Gasteiger partial charge in [-0.15, -0.1) is 0 Å². The van der Waals surface area contributed by atoms with Gasteiger partial charge in [0, 0.05) is 6.42 Å². The molecular weight excluding hydrogens is 270 g/mol. The van der Waals surface area contributed by atoms with Crippen molar-refractivity contribution in [2.75, 3.05) is 12.0 Å². The van der Waals surface area contributed by atoms with Gasteiger partial charge in [0.25, 0.3) is 0 Å². The molecule has 0 saturated carbocycles. The van der Waals surface area contributed by atoms with Crippen molar-refractivity contribution >= 4 is 17.4 Å². The van der Waals surface area contributed by atoms with Gasteiger partial charge in [-0.3, -0.25) is 5.43 Å². The summed E-state index contributed by atoms with van der Waals surface area (Å²) in [4.78, 5) is 15.4. The molecule has 0 amide bonds. The number of hydrazone groups is 1. The normalized spacial score (nSPS) is 16.8. The SMILES string of the molecule is O=C1OCCC/C1=N\Nc1cccc(Cn2cncn2)c1. The second kappa shape index (κ2) is 6.17. The number of nitrogens with zero attached hydrogens (tertiary/aromatic N) is 4. The van der Waals surface area contributed by atoms with Gasteiger partial charge >= 0.3 is 5.97 Å². The highest BCUT2D eigenvalue weighted by Gasteiger charge is 2.18. The summed E-state index contributed by atoms with van der Waals surface area (Å²) in [6, 6.07) is 7.77. The third-order valence-corrected chi connectivity index (χ3v) is 3.08. The lowest BCUT2D eigenvalue weighted by atomic mass is 10.2. The predicted molar refractivity (Wildman–Crippen MR) is 76.8 cm³/mol. The Balaban J connectivity index is 1.68. The molecule has 0 unspecified atom stereocenters. The number of carbonyl (C=O) groups is 1. The number of esters is 1. The smallest absolute Gasteiger partial charge is 0.354 e. The Morgan fingerprint density at radius 3 is 3.19 bits per heavy atom. The molecule has 1 fully saturated rings. The largest absolute Gasteiger partial charge is 0.461 e. The van der Waals surface area contributed by atoms with Crippen LogP contribution in [-0.4, -0.2) is 33.1 Å². The molecule has 1 saturated heterocycles. The molecule has 0 spiro atoms. The molecule has 21 heavy (non-hydrogen) atoms. The number of benzene rings is 1. The highest BCUT2D eigenvalue weighted by atomic mass is 16.5. The number of carbonyl (C=O) groups excluding carboxylic acids is 1. The van der Waals surface area contributed by atoms with E-state index in [1.165, 1.54) is 6.33 Å². The first kappa shape index (κ1) is 13.3. The zero-order valence-electron chi connectivity index (χ0n) is 11.4. The standard InChI is InChI=1S/C14H15N5O2/c20-14-13(5-2-6-21-14)18-17-12-4-1-3-11(7-12)8-19-10-15-9-16-19/h1,3-4,7,9-10,17H,2,5-6,8H2/b18-13+. The first-order valence-corrected chi connectivity index (χ1v) is 6.72. The van der Waals surface area contributed by atoms with Gasteiger partial charge < -0.3 is 4.74 Å². The Bertz CT molecular complexity index is 651. The fourth-order valence-corrected chi connectivity index (χ4v) is 2.06. The Morgan fingerprint density at radius 1 is 1.43 bits per heavy atom. The predicted octanol–water partition coefficient (Wildman–Crippen LogP) is 1.43. The third kappa shape index (κ3) is 3.44. The van der Waals surface area contributed by atoms with Crippen LogP contribution in [0, 0.1) is 0 Å². The number of nitrogens with one attached hydrogen (secondary N) is 1. The van der Waals surface area contributed by atoms with Crippen LogP contribution in [0.2, 0.25) is 0 Å². The molecule has 0 radical (unpaired) electrons. The summed E-state index contributed by atoms with van der Waals surface area (Å²) in [6.45, 7) is 1.11. The van der Waals surface area contributed by atoms with E-state index in [-0.39, 0.29) is 5.97 Å². The monoisotopic (exact) mass is 285 g/mol. The minimum Gasteiger partial charge on any atom is -0.461 e. The molecule has 1 N–H and O–H groups in total. The van der Waals surface area contributed by atoms with E-state index in [1.807, 2.05) is 24.3 Å². The van der Waals surface area contributed by atoms with Crippen LogP contribution in [0.1, 0.15) is 18.4 Å². The van der Waals surface area contributed by atoms with Crippen molar-refractivity contribution < 1.29 is 9.53 Å². The number of hydrogen-bond acceptors (Lipinski definition) is 6. The van der Waals surface area contributed by atoms with Crippen LogP contribution in [0.4, 0.5) is 5.69 Å². The van der Waals surface area contributed by atoms with Gasteiger partial charge in [-0.2, -0.15) is 10.2 Å². The average molecular weight is 285 g/mol. The molecule has 2 heterocycles. The Labute approximate surface area is 121 Å². The lowest BCUT2D eigenvalue weighted by molar-refractivity contribution is -0.137. The van der Waals surface area contributed by atoms with E-state index in [0.29, 0.717) is 25.3 Å². The van der Waals surface area contributed by atoms with Crippen LogP contribution < -0.4 is 5.43 Å². The van der Waals surface area contributed by atoms with Crippen LogP contribution in [0.3, 0.4) is 0 Å². The van der Waals surface area contributed by atoms with Crippen molar-refractivity contribution in [1.29, 1.82) is 0 Å². The van der Waals surface area contributed by atoms with Gasteiger partial charge in [-0.1, -0.05) is 12.1 Å². The highest BCUT2D eigenvalue weighted by Crippen LogP contribution is 2.12. The Kier molecular flexibility index (Phi) is 3.90. The summed E-state index contributed by atoms with van der Waals surface area (Å²) >= 11 is 0. The average Bonchev–Trinajstić information content (AvgIpc) is 3.00. The number of hydrogen-bond donors (Lipinski definition) is 1. The summed E-state index contributed by atoms with van der Waals surface area (Å²) in [7, 11) is 0. The lowest BCUT2D eigenvalue weighted by Crippen LogP contribution is -2.24. The fourth-order valence-electron chi connectivity index (χ4n) is 2.06. The minimum atomic E-state index is -0.340. The Morgan fingerprint density at radius 2 is 2.38 bits per heavy atom. The molecule has 3 rings (SSSR count). The maximum Gasteiger partial charge on any atom is 0.354 e. The molecular formula is C14H15N5O2. The van der Waals surface area contributed by atoms with E-state index >= 15 is 0 Å². The first-order chi connectivity index (χ1) is 10.3. The van der Waals surface area contributed by atoms with Crippen molar-refractivity contribution in [3.8, 4) is 0 Å². The summed E-state index contributed by atoms with van der Waals surface area (Å²) in [5, 5.41) is 8.20. The van der Waals surface area contributed by atoms with Crippen LogP contribution in [0.25, 0.3) is 0 Å². The van der Waals surface area contributed by atoms with Crippen molar-refractivity contribution in [1.82, 2.24) is 14.8 Å². The lowest BCUT2D eigenvalue weighted by Gasteiger charge is -2.13. The van der Waals surface area contributed by atoms with Gasteiger partial charge in [0.1, 0.15) is 18.4 Å². The fraction of sp³-hybridized carbons (Fsp3) is 0.286. The van der Waals surface area contributed by atoms with Crippen molar-refractivity contribution in [3.63, 3.8) is 0 Å². The molecule has 108 valence electrons.